The highest BCUT2D eigenvalue weighted by Gasteiger charge is 2.37. The smallest absolute Gasteiger partial charge is 0.352 e. The molecule has 0 radical (unpaired) electrons. The van der Waals surface area contributed by atoms with Gasteiger partial charge in [-0.25, -0.2) is 13.4 Å². The van der Waals surface area contributed by atoms with Crippen LogP contribution in [0.5, 0.6) is 0 Å². The SMILES string of the molecule is O=C(NCCCn1ccnc1)c1ccccc1NS(=O)(=O)c1ccc(Cl)cc1C(F)(F)F. The van der Waals surface area contributed by atoms with Gasteiger partial charge in [0.2, 0.25) is 0 Å². The zero-order chi connectivity index (χ0) is 23.4. The first-order valence-corrected chi connectivity index (χ1v) is 11.2. The van der Waals surface area contributed by atoms with E-state index < -0.39 is 32.6 Å². The van der Waals surface area contributed by atoms with Gasteiger partial charge in [0.25, 0.3) is 15.9 Å². The van der Waals surface area contributed by atoms with Crippen molar-refractivity contribution in [2.24, 2.45) is 0 Å². The van der Waals surface area contributed by atoms with Crippen LogP contribution in [0.2, 0.25) is 5.02 Å². The molecule has 0 bridgehead atoms. The minimum atomic E-state index is -4.94. The summed E-state index contributed by atoms with van der Waals surface area (Å²) in [5.74, 6) is -0.568. The third-order valence-corrected chi connectivity index (χ3v) is 6.05. The number of imidazole rings is 1. The lowest BCUT2D eigenvalue weighted by Crippen LogP contribution is -2.27. The highest BCUT2D eigenvalue weighted by molar-refractivity contribution is 7.92. The number of halogens is 4. The summed E-state index contributed by atoms with van der Waals surface area (Å²) in [6.07, 6.45) is 0.693. The molecule has 2 N–H and O–H groups in total. The number of carbonyl (C=O) groups is 1. The van der Waals surface area contributed by atoms with E-state index in [0.717, 1.165) is 12.1 Å². The summed E-state index contributed by atoms with van der Waals surface area (Å²) >= 11 is 5.62. The fourth-order valence-corrected chi connectivity index (χ4v) is 4.37. The van der Waals surface area contributed by atoms with Crippen LogP contribution >= 0.6 is 11.6 Å². The molecule has 3 aromatic rings. The van der Waals surface area contributed by atoms with Gasteiger partial charge in [-0.05, 0) is 36.8 Å². The van der Waals surface area contributed by atoms with E-state index in [2.05, 4.69) is 15.0 Å². The molecule has 3 rings (SSSR count). The first-order chi connectivity index (χ1) is 15.1. The number of benzene rings is 2. The Morgan fingerprint density at radius 2 is 1.91 bits per heavy atom. The summed E-state index contributed by atoms with van der Waals surface area (Å²) in [4.78, 5) is 15.5. The zero-order valence-electron chi connectivity index (χ0n) is 16.4. The van der Waals surface area contributed by atoms with E-state index in [1.54, 1.807) is 18.7 Å². The largest absolute Gasteiger partial charge is 0.417 e. The van der Waals surface area contributed by atoms with E-state index >= 15 is 0 Å². The molecule has 2 aromatic carbocycles. The molecule has 1 aromatic heterocycles. The van der Waals surface area contributed by atoms with Gasteiger partial charge in [0.15, 0.2) is 0 Å². The Labute approximate surface area is 187 Å². The Bertz CT molecular complexity index is 1200. The average Bonchev–Trinajstić information content (AvgIpc) is 3.24. The minimum absolute atomic E-state index is 0.0266. The van der Waals surface area contributed by atoms with Crippen LogP contribution in [0, 0.1) is 0 Å². The summed E-state index contributed by atoms with van der Waals surface area (Å²) in [6.45, 7) is 0.916. The van der Waals surface area contributed by atoms with Crippen LogP contribution < -0.4 is 10.0 Å². The number of carbonyl (C=O) groups excluding carboxylic acids is 1. The predicted molar refractivity (Wildman–Crippen MR) is 113 cm³/mol. The summed E-state index contributed by atoms with van der Waals surface area (Å²) < 4.78 is 69.5. The molecule has 0 saturated carbocycles. The molecule has 1 heterocycles. The number of hydrogen-bond donors (Lipinski definition) is 2. The molecule has 7 nitrogen and oxygen atoms in total. The van der Waals surface area contributed by atoms with Gasteiger partial charge in [0.1, 0.15) is 0 Å². The van der Waals surface area contributed by atoms with Crippen molar-refractivity contribution < 1.29 is 26.4 Å². The lowest BCUT2D eigenvalue weighted by molar-refractivity contribution is -0.139. The predicted octanol–water partition coefficient (Wildman–Crippen LogP) is 4.18. The van der Waals surface area contributed by atoms with E-state index in [4.69, 9.17) is 11.6 Å². The van der Waals surface area contributed by atoms with Crippen LogP contribution in [0.3, 0.4) is 0 Å². The van der Waals surface area contributed by atoms with Crippen LogP contribution in [-0.4, -0.2) is 30.4 Å². The number of hydrogen-bond acceptors (Lipinski definition) is 4. The Morgan fingerprint density at radius 3 is 2.59 bits per heavy atom. The molecular formula is C20H18ClF3N4O3S. The fraction of sp³-hybridized carbons (Fsp3) is 0.200. The second-order valence-electron chi connectivity index (χ2n) is 6.70. The normalized spacial score (nSPS) is 11.9. The van der Waals surface area contributed by atoms with Gasteiger partial charge in [-0.15, -0.1) is 0 Å². The molecule has 0 spiro atoms. The summed E-state index contributed by atoms with van der Waals surface area (Å²) in [6, 6.07) is 7.99. The van der Waals surface area contributed by atoms with Crippen molar-refractivity contribution in [3.63, 3.8) is 0 Å². The van der Waals surface area contributed by atoms with Crippen molar-refractivity contribution in [2.45, 2.75) is 24.0 Å². The number of amides is 1. The van der Waals surface area contributed by atoms with Gasteiger partial charge in [-0.2, -0.15) is 13.2 Å². The number of anilines is 1. The molecule has 0 aliphatic carbocycles. The lowest BCUT2D eigenvalue weighted by Gasteiger charge is -2.16. The van der Waals surface area contributed by atoms with Gasteiger partial charge in [0.05, 0.1) is 28.0 Å². The quantitative estimate of drug-likeness (QED) is 0.467. The first-order valence-electron chi connectivity index (χ1n) is 9.30. The third-order valence-electron chi connectivity index (χ3n) is 4.39. The molecule has 0 atom stereocenters. The van der Waals surface area contributed by atoms with Gasteiger partial charge in [-0.3, -0.25) is 9.52 Å². The van der Waals surface area contributed by atoms with E-state index in [-0.39, 0.29) is 16.3 Å². The second kappa shape index (κ2) is 9.61. The Balaban J connectivity index is 1.78. The van der Waals surface area contributed by atoms with Crippen molar-refractivity contribution in [3.8, 4) is 0 Å². The van der Waals surface area contributed by atoms with E-state index in [9.17, 15) is 26.4 Å². The highest BCUT2D eigenvalue weighted by Crippen LogP contribution is 2.36. The molecular weight excluding hydrogens is 469 g/mol. The van der Waals surface area contributed by atoms with Gasteiger partial charge in [0, 0.05) is 30.5 Å². The average molecular weight is 487 g/mol. The standard InChI is InChI=1S/C20H18ClF3N4O3S/c21-14-6-7-18(16(12-14)20(22,23)24)32(30,31)27-17-5-2-1-4-15(17)19(29)26-8-3-10-28-11-9-25-13-28/h1-2,4-7,9,11-13,27H,3,8,10H2,(H,26,29). The highest BCUT2D eigenvalue weighted by atomic mass is 35.5. The number of nitrogens with zero attached hydrogens (tertiary/aromatic N) is 2. The molecule has 0 saturated heterocycles. The van der Waals surface area contributed by atoms with E-state index in [1.807, 2.05) is 4.57 Å². The third kappa shape index (κ3) is 5.80. The van der Waals surface area contributed by atoms with Gasteiger partial charge in [-0.1, -0.05) is 23.7 Å². The molecule has 170 valence electrons. The number of aromatic nitrogens is 2. The maximum atomic E-state index is 13.4. The second-order valence-corrected chi connectivity index (χ2v) is 8.79. The van der Waals surface area contributed by atoms with E-state index in [0.29, 0.717) is 25.6 Å². The number of aryl methyl sites for hydroxylation is 1. The number of alkyl halides is 3. The fourth-order valence-electron chi connectivity index (χ4n) is 2.91. The maximum Gasteiger partial charge on any atom is 0.417 e. The van der Waals surface area contributed by atoms with E-state index in [1.165, 1.54) is 24.3 Å². The van der Waals surface area contributed by atoms with Crippen LogP contribution in [0.1, 0.15) is 22.3 Å². The van der Waals surface area contributed by atoms with Crippen LogP contribution in [-0.2, 0) is 22.7 Å². The zero-order valence-corrected chi connectivity index (χ0v) is 18.0. The minimum Gasteiger partial charge on any atom is -0.352 e. The van der Waals surface area contributed by atoms with Crippen molar-refractivity contribution in [1.82, 2.24) is 14.9 Å². The van der Waals surface area contributed by atoms with Gasteiger partial charge < -0.3 is 9.88 Å². The molecule has 32 heavy (non-hydrogen) atoms. The lowest BCUT2D eigenvalue weighted by atomic mass is 10.1. The monoisotopic (exact) mass is 486 g/mol. The molecule has 0 aliphatic rings. The number of para-hydroxylation sites is 1. The Hall–Kier alpha value is -3.05. The van der Waals surface area contributed by atoms with Crippen molar-refractivity contribution in [1.29, 1.82) is 0 Å². The number of sulfonamides is 1. The van der Waals surface area contributed by atoms with Crippen molar-refractivity contribution in [3.05, 3.63) is 77.3 Å². The molecule has 12 heteroatoms. The maximum absolute atomic E-state index is 13.4. The number of nitrogens with one attached hydrogen (secondary N) is 2. The van der Waals surface area contributed by atoms with Crippen molar-refractivity contribution in [2.75, 3.05) is 11.3 Å². The van der Waals surface area contributed by atoms with Crippen molar-refractivity contribution >= 4 is 33.2 Å². The van der Waals surface area contributed by atoms with Crippen LogP contribution in [0.15, 0.2) is 66.1 Å². The Morgan fingerprint density at radius 1 is 1.16 bits per heavy atom. The summed E-state index contributed by atoms with van der Waals surface area (Å²) in [7, 11) is -4.67. The first kappa shape index (κ1) is 23.6. The topological polar surface area (TPSA) is 93.1 Å². The van der Waals surface area contributed by atoms with Gasteiger partial charge >= 0.3 is 6.18 Å². The summed E-state index contributed by atoms with van der Waals surface area (Å²) in [5, 5.41) is 2.41. The summed E-state index contributed by atoms with van der Waals surface area (Å²) in [5.41, 5.74) is -1.58. The van der Waals surface area contributed by atoms with Crippen LogP contribution in [0.4, 0.5) is 18.9 Å². The molecule has 0 unspecified atom stereocenters. The van der Waals surface area contributed by atoms with Crippen LogP contribution in [0.25, 0.3) is 0 Å². The molecule has 1 amide bonds. The number of rotatable bonds is 8. The molecule has 0 fully saturated rings. The molecule has 0 aliphatic heterocycles. The Kier molecular flexibility index (Phi) is 7.09.